The molecule has 0 spiro atoms. The Bertz CT molecular complexity index is 616. The van der Waals surface area contributed by atoms with Crippen molar-refractivity contribution < 1.29 is 13.2 Å². The maximum atomic E-state index is 12.1. The van der Waals surface area contributed by atoms with Crippen LogP contribution in [-0.2, 0) is 14.8 Å². The number of hydrogen-bond donors (Lipinski definition) is 0. The standard InChI is InChI=1S/C13H18Cl2N2O3S/c1-4-16(5-2)13(18)9-17(21(3,19)20)10-6-7-11(14)12(15)8-10/h6-8H,4-5,9H2,1-3H3. The minimum absolute atomic E-state index is 0.234. The summed E-state index contributed by atoms with van der Waals surface area (Å²) in [4.78, 5) is 13.7. The largest absolute Gasteiger partial charge is 0.342 e. The second-order valence-electron chi connectivity index (χ2n) is 4.43. The topological polar surface area (TPSA) is 57.7 Å². The van der Waals surface area contributed by atoms with Crippen LogP contribution in [0, 0.1) is 0 Å². The fourth-order valence-corrected chi connectivity index (χ4v) is 2.97. The van der Waals surface area contributed by atoms with E-state index < -0.39 is 10.0 Å². The normalized spacial score (nSPS) is 11.3. The van der Waals surface area contributed by atoms with E-state index in [-0.39, 0.29) is 17.5 Å². The predicted octanol–water partition coefficient (Wildman–Crippen LogP) is 2.63. The molecule has 0 aliphatic heterocycles. The molecule has 0 aromatic heterocycles. The zero-order chi connectivity index (χ0) is 16.2. The molecule has 1 aromatic rings. The van der Waals surface area contributed by atoms with Crippen LogP contribution in [0.5, 0.6) is 0 Å². The molecular formula is C13H18Cl2N2O3S. The van der Waals surface area contributed by atoms with Gasteiger partial charge in [-0.1, -0.05) is 23.2 Å². The number of amides is 1. The molecule has 5 nitrogen and oxygen atoms in total. The SMILES string of the molecule is CCN(CC)C(=O)CN(c1ccc(Cl)c(Cl)c1)S(C)(=O)=O. The molecule has 0 bridgehead atoms. The van der Waals surface area contributed by atoms with Crippen LogP contribution >= 0.6 is 23.2 Å². The van der Waals surface area contributed by atoms with Crippen LogP contribution in [0.4, 0.5) is 5.69 Å². The van der Waals surface area contributed by atoms with Gasteiger partial charge in [0.15, 0.2) is 0 Å². The molecule has 8 heteroatoms. The molecule has 1 rings (SSSR count). The number of carbonyl (C=O) groups is 1. The summed E-state index contributed by atoms with van der Waals surface area (Å²) >= 11 is 11.7. The average Bonchev–Trinajstić information content (AvgIpc) is 2.39. The lowest BCUT2D eigenvalue weighted by Gasteiger charge is -2.26. The van der Waals surface area contributed by atoms with Gasteiger partial charge in [0.25, 0.3) is 0 Å². The summed E-state index contributed by atoms with van der Waals surface area (Å²) in [6.07, 6.45) is 1.05. The van der Waals surface area contributed by atoms with Crippen LogP contribution in [-0.4, -0.2) is 45.1 Å². The molecule has 0 heterocycles. The third-order valence-electron chi connectivity index (χ3n) is 2.99. The summed E-state index contributed by atoms with van der Waals surface area (Å²) in [5.74, 6) is -0.267. The number of benzene rings is 1. The number of nitrogens with zero attached hydrogens (tertiary/aromatic N) is 2. The van der Waals surface area contributed by atoms with Crippen LogP contribution < -0.4 is 4.31 Å². The number of hydrogen-bond acceptors (Lipinski definition) is 3. The maximum Gasteiger partial charge on any atom is 0.243 e. The van der Waals surface area contributed by atoms with Crippen molar-refractivity contribution in [1.82, 2.24) is 4.90 Å². The van der Waals surface area contributed by atoms with E-state index in [2.05, 4.69) is 0 Å². The number of halogens is 2. The Morgan fingerprint density at radius 1 is 1.14 bits per heavy atom. The summed E-state index contributed by atoms with van der Waals surface area (Å²) in [5, 5.41) is 0.557. The van der Waals surface area contributed by atoms with Crippen LogP contribution in [0.2, 0.25) is 10.0 Å². The molecule has 0 saturated heterocycles. The molecule has 0 fully saturated rings. The fraction of sp³-hybridized carbons (Fsp3) is 0.462. The van der Waals surface area contributed by atoms with E-state index in [4.69, 9.17) is 23.2 Å². The van der Waals surface area contributed by atoms with Crippen molar-refractivity contribution in [2.75, 3.05) is 30.2 Å². The quantitative estimate of drug-likeness (QED) is 0.790. The fourth-order valence-electron chi connectivity index (χ4n) is 1.84. The smallest absolute Gasteiger partial charge is 0.243 e. The van der Waals surface area contributed by atoms with E-state index in [0.29, 0.717) is 23.8 Å². The molecule has 118 valence electrons. The molecule has 0 unspecified atom stereocenters. The Hall–Kier alpha value is -0.980. The van der Waals surface area contributed by atoms with E-state index in [1.807, 2.05) is 13.8 Å². The van der Waals surface area contributed by atoms with Gasteiger partial charge in [-0.15, -0.1) is 0 Å². The second-order valence-corrected chi connectivity index (χ2v) is 7.16. The molecule has 21 heavy (non-hydrogen) atoms. The lowest BCUT2D eigenvalue weighted by molar-refractivity contribution is -0.129. The third kappa shape index (κ3) is 4.76. The monoisotopic (exact) mass is 352 g/mol. The lowest BCUT2D eigenvalue weighted by Crippen LogP contribution is -2.42. The summed E-state index contributed by atoms with van der Waals surface area (Å²) in [6.45, 7) is 4.46. The third-order valence-corrected chi connectivity index (χ3v) is 4.87. The molecule has 0 N–H and O–H groups in total. The number of sulfonamides is 1. The molecule has 0 saturated carbocycles. The Kier molecular flexibility index (Phi) is 6.31. The van der Waals surface area contributed by atoms with Crippen molar-refractivity contribution in [1.29, 1.82) is 0 Å². The van der Waals surface area contributed by atoms with Crippen LogP contribution in [0.15, 0.2) is 18.2 Å². The molecule has 1 aromatic carbocycles. The molecule has 0 atom stereocenters. The molecule has 0 radical (unpaired) electrons. The average molecular weight is 353 g/mol. The minimum Gasteiger partial charge on any atom is -0.342 e. The minimum atomic E-state index is -3.61. The van der Waals surface area contributed by atoms with Gasteiger partial charge < -0.3 is 4.90 Å². The first-order chi connectivity index (χ1) is 9.70. The molecule has 1 amide bonds. The predicted molar refractivity (Wildman–Crippen MR) is 86.6 cm³/mol. The van der Waals surface area contributed by atoms with Gasteiger partial charge >= 0.3 is 0 Å². The highest BCUT2D eigenvalue weighted by Gasteiger charge is 2.23. The maximum absolute atomic E-state index is 12.1. The zero-order valence-electron chi connectivity index (χ0n) is 12.1. The zero-order valence-corrected chi connectivity index (χ0v) is 14.5. The summed E-state index contributed by atoms with van der Waals surface area (Å²) < 4.78 is 24.9. The first kappa shape index (κ1) is 18.1. The summed E-state index contributed by atoms with van der Waals surface area (Å²) in [6, 6.07) is 4.45. The highest BCUT2D eigenvalue weighted by molar-refractivity contribution is 7.92. The van der Waals surface area contributed by atoms with Gasteiger partial charge in [0.05, 0.1) is 22.0 Å². The van der Waals surface area contributed by atoms with Crippen LogP contribution in [0.3, 0.4) is 0 Å². The number of anilines is 1. The highest BCUT2D eigenvalue weighted by atomic mass is 35.5. The van der Waals surface area contributed by atoms with Crippen molar-refractivity contribution in [2.24, 2.45) is 0 Å². The van der Waals surface area contributed by atoms with Crippen molar-refractivity contribution in [3.05, 3.63) is 28.2 Å². The van der Waals surface area contributed by atoms with E-state index in [0.717, 1.165) is 10.6 Å². The van der Waals surface area contributed by atoms with Gasteiger partial charge in [-0.05, 0) is 32.0 Å². The van der Waals surface area contributed by atoms with E-state index in [9.17, 15) is 13.2 Å². The van der Waals surface area contributed by atoms with E-state index in [1.165, 1.54) is 18.2 Å². The van der Waals surface area contributed by atoms with Crippen molar-refractivity contribution in [3.8, 4) is 0 Å². The van der Waals surface area contributed by atoms with Gasteiger partial charge in [0, 0.05) is 13.1 Å². The Morgan fingerprint density at radius 2 is 1.71 bits per heavy atom. The van der Waals surface area contributed by atoms with Crippen molar-refractivity contribution in [3.63, 3.8) is 0 Å². The van der Waals surface area contributed by atoms with Gasteiger partial charge in [-0.25, -0.2) is 8.42 Å². The second kappa shape index (κ2) is 7.33. The van der Waals surface area contributed by atoms with Crippen LogP contribution in [0.25, 0.3) is 0 Å². The summed E-state index contributed by atoms with van der Waals surface area (Å²) in [5.41, 5.74) is 0.312. The number of rotatable bonds is 6. The van der Waals surface area contributed by atoms with Gasteiger partial charge in [-0.3, -0.25) is 9.10 Å². The molecular weight excluding hydrogens is 335 g/mol. The lowest BCUT2D eigenvalue weighted by atomic mass is 10.3. The van der Waals surface area contributed by atoms with Crippen LogP contribution in [0.1, 0.15) is 13.8 Å². The van der Waals surface area contributed by atoms with Gasteiger partial charge in [0.2, 0.25) is 15.9 Å². The molecule has 0 aliphatic carbocycles. The first-order valence-electron chi connectivity index (χ1n) is 6.41. The molecule has 0 aliphatic rings. The van der Waals surface area contributed by atoms with E-state index >= 15 is 0 Å². The van der Waals surface area contributed by atoms with Gasteiger partial charge in [0.1, 0.15) is 6.54 Å². The van der Waals surface area contributed by atoms with Crippen molar-refractivity contribution in [2.45, 2.75) is 13.8 Å². The van der Waals surface area contributed by atoms with Gasteiger partial charge in [-0.2, -0.15) is 0 Å². The van der Waals surface area contributed by atoms with E-state index in [1.54, 1.807) is 4.90 Å². The Labute approximate surface area is 135 Å². The van der Waals surface area contributed by atoms with Crippen molar-refractivity contribution >= 4 is 44.8 Å². The highest BCUT2D eigenvalue weighted by Crippen LogP contribution is 2.28. The summed E-state index contributed by atoms with van der Waals surface area (Å²) in [7, 11) is -3.61. The first-order valence-corrected chi connectivity index (χ1v) is 9.01. The Morgan fingerprint density at radius 3 is 2.14 bits per heavy atom. The number of likely N-dealkylation sites (N-methyl/N-ethyl adjacent to an activating group) is 1. The Balaban J connectivity index is 3.13. The number of carbonyl (C=O) groups excluding carboxylic acids is 1.